The van der Waals surface area contributed by atoms with E-state index in [9.17, 15) is 8.42 Å². The molecule has 68 valence electrons. The van der Waals surface area contributed by atoms with Gasteiger partial charge in [0.25, 0.3) is 0 Å². The van der Waals surface area contributed by atoms with Crippen LogP contribution in [0, 0.1) is 5.92 Å². The Labute approximate surface area is 68.9 Å². The van der Waals surface area contributed by atoms with Crippen LogP contribution in [0.4, 0.5) is 0 Å². The van der Waals surface area contributed by atoms with E-state index >= 15 is 0 Å². The van der Waals surface area contributed by atoms with E-state index in [1.165, 1.54) is 6.26 Å². The quantitative estimate of drug-likeness (QED) is 0.679. The molecule has 0 radical (unpaired) electrons. The molecule has 0 aromatic heterocycles. The summed E-state index contributed by atoms with van der Waals surface area (Å²) in [6, 6.07) is 0.00437. The second-order valence-electron chi connectivity index (χ2n) is 3.33. The van der Waals surface area contributed by atoms with Crippen molar-refractivity contribution in [2.45, 2.75) is 26.3 Å². The molecule has 0 aromatic rings. The lowest BCUT2D eigenvalue weighted by atomic mass is 10.0. The van der Waals surface area contributed by atoms with Crippen molar-refractivity contribution in [1.29, 1.82) is 0 Å². The van der Waals surface area contributed by atoms with E-state index < -0.39 is 9.84 Å². The molecule has 2 N–H and O–H groups in total. The molecule has 0 aliphatic carbocycles. The smallest absolute Gasteiger partial charge is 0.147 e. The number of nitrogens with two attached hydrogens (primary N) is 1. The van der Waals surface area contributed by atoms with Crippen LogP contribution in [0.15, 0.2) is 0 Å². The van der Waals surface area contributed by atoms with Crippen LogP contribution in [-0.2, 0) is 9.84 Å². The monoisotopic (exact) mass is 179 g/mol. The van der Waals surface area contributed by atoms with Crippen molar-refractivity contribution in [2.75, 3.05) is 12.0 Å². The highest BCUT2D eigenvalue weighted by molar-refractivity contribution is 7.90. The summed E-state index contributed by atoms with van der Waals surface area (Å²) in [6.45, 7) is 3.99. The first kappa shape index (κ1) is 10.9. The zero-order valence-electron chi connectivity index (χ0n) is 7.37. The molecule has 0 spiro atoms. The molecule has 0 aliphatic rings. The van der Waals surface area contributed by atoms with Gasteiger partial charge in [0.05, 0.1) is 5.75 Å². The molecular formula is C7H17NO2S. The van der Waals surface area contributed by atoms with Crippen LogP contribution in [0.2, 0.25) is 0 Å². The van der Waals surface area contributed by atoms with Gasteiger partial charge < -0.3 is 5.73 Å². The fourth-order valence-corrected chi connectivity index (χ4v) is 1.38. The summed E-state index contributed by atoms with van der Waals surface area (Å²) in [5, 5.41) is 0. The third-order valence-electron chi connectivity index (χ3n) is 1.68. The first-order chi connectivity index (χ1) is 4.83. The van der Waals surface area contributed by atoms with E-state index in [1.54, 1.807) is 0 Å². The van der Waals surface area contributed by atoms with E-state index in [-0.39, 0.29) is 11.8 Å². The van der Waals surface area contributed by atoms with Crippen molar-refractivity contribution in [2.24, 2.45) is 11.7 Å². The third kappa shape index (κ3) is 6.31. The second kappa shape index (κ2) is 4.07. The SMILES string of the molecule is CC(C)C(N)CCS(C)(=O)=O. The van der Waals surface area contributed by atoms with Crippen LogP contribution < -0.4 is 5.73 Å². The first-order valence-corrected chi connectivity index (χ1v) is 5.82. The number of sulfone groups is 1. The van der Waals surface area contributed by atoms with Crippen LogP contribution in [-0.4, -0.2) is 26.5 Å². The van der Waals surface area contributed by atoms with Crippen LogP contribution in [0.25, 0.3) is 0 Å². The van der Waals surface area contributed by atoms with Gasteiger partial charge >= 0.3 is 0 Å². The molecule has 0 aliphatic heterocycles. The van der Waals surface area contributed by atoms with Gasteiger partial charge in [-0.15, -0.1) is 0 Å². The topological polar surface area (TPSA) is 60.2 Å². The van der Waals surface area contributed by atoms with E-state index in [0.717, 1.165) is 0 Å². The molecule has 0 amide bonds. The zero-order valence-corrected chi connectivity index (χ0v) is 8.19. The van der Waals surface area contributed by atoms with Crippen molar-refractivity contribution >= 4 is 9.84 Å². The molecule has 3 nitrogen and oxygen atoms in total. The first-order valence-electron chi connectivity index (χ1n) is 3.76. The highest BCUT2D eigenvalue weighted by atomic mass is 32.2. The van der Waals surface area contributed by atoms with Crippen LogP contribution in [0.1, 0.15) is 20.3 Å². The van der Waals surface area contributed by atoms with Crippen LogP contribution in [0.3, 0.4) is 0 Å². The second-order valence-corrected chi connectivity index (χ2v) is 5.59. The minimum atomic E-state index is -2.83. The molecule has 0 saturated heterocycles. The molecule has 0 heterocycles. The Balaban J connectivity index is 3.72. The fourth-order valence-electron chi connectivity index (χ4n) is 0.683. The molecule has 11 heavy (non-hydrogen) atoms. The largest absolute Gasteiger partial charge is 0.327 e. The summed E-state index contributed by atoms with van der Waals surface area (Å²) in [6.07, 6.45) is 1.80. The average molecular weight is 179 g/mol. The maximum Gasteiger partial charge on any atom is 0.147 e. The molecule has 0 fully saturated rings. The Bertz CT molecular complexity index is 196. The molecule has 4 heteroatoms. The van der Waals surface area contributed by atoms with E-state index in [0.29, 0.717) is 12.3 Å². The minimum Gasteiger partial charge on any atom is -0.327 e. The number of rotatable bonds is 4. The summed E-state index contributed by atoms with van der Waals surface area (Å²) in [5.74, 6) is 0.559. The number of hydrogen-bond acceptors (Lipinski definition) is 3. The van der Waals surface area contributed by atoms with Gasteiger partial charge in [-0.05, 0) is 12.3 Å². The molecule has 1 atom stereocenters. The summed E-state index contributed by atoms with van der Waals surface area (Å²) >= 11 is 0. The van der Waals surface area contributed by atoms with Gasteiger partial charge in [-0.3, -0.25) is 0 Å². The van der Waals surface area contributed by atoms with Crippen molar-refractivity contribution in [3.63, 3.8) is 0 Å². The van der Waals surface area contributed by atoms with Gasteiger partial charge in [0, 0.05) is 12.3 Å². The standard InChI is InChI=1S/C7H17NO2S/c1-6(2)7(8)4-5-11(3,9)10/h6-7H,4-5,8H2,1-3H3. The Morgan fingerprint density at radius 1 is 1.36 bits per heavy atom. The Kier molecular flexibility index (Phi) is 4.03. The molecule has 0 rings (SSSR count). The maximum atomic E-state index is 10.7. The zero-order chi connectivity index (χ0) is 9.07. The Morgan fingerprint density at radius 3 is 2.09 bits per heavy atom. The van der Waals surface area contributed by atoms with E-state index in [2.05, 4.69) is 0 Å². The van der Waals surface area contributed by atoms with E-state index in [1.807, 2.05) is 13.8 Å². The van der Waals surface area contributed by atoms with Crippen LogP contribution >= 0.6 is 0 Å². The highest BCUT2D eigenvalue weighted by Gasteiger charge is 2.10. The van der Waals surface area contributed by atoms with Crippen molar-refractivity contribution in [3.8, 4) is 0 Å². The predicted molar refractivity (Wildman–Crippen MR) is 47.1 cm³/mol. The predicted octanol–water partition coefficient (Wildman–Crippen LogP) is 0.404. The molecular weight excluding hydrogens is 162 g/mol. The van der Waals surface area contributed by atoms with Crippen molar-refractivity contribution < 1.29 is 8.42 Å². The van der Waals surface area contributed by atoms with Crippen molar-refractivity contribution in [1.82, 2.24) is 0 Å². The summed E-state index contributed by atoms with van der Waals surface area (Å²) in [4.78, 5) is 0. The lowest BCUT2D eigenvalue weighted by Crippen LogP contribution is -2.28. The normalized spacial score (nSPS) is 15.4. The lowest BCUT2D eigenvalue weighted by molar-refractivity contribution is 0.478. The molecule has 1 unspecified atom stereocenters. The Morgan fingerprint density at radius 2 is 1.82 bits per heavy atom. The van der Waals surface area contributed by atoms with Gasteiger partial charge in [-0.2, -0.15) is 0 Å². The molecule has 0 saturated carbocycles. The summed E-state index contributed by atoms with van der Waals surface area (Å²) < 4.78 is 21.4. The van der Waals surface area contributed by atoms with Gasteiger partial charge in [0.2, 0.25) is 0 Å². The lowest BCUT2D eigenvalue weighted by Gasteiger charge is -2.13. The molecule has 0 bridgehead atoms. The molecule has 0 aromatic carbocycles. The van der Waals surface area contributed by atoms with E-state index in [4.69, 9.17) is 5.73 Å². The maximum absolute atomic E-state index is 10.7. The average Bonchev–Trinajstić information content (AvgIpc) is 1.80. The van der Waals surface area contributed by atoms with Gasteiger partial charge in [0.15, 0.2) is 0 Å². The van der Waals surface area contributed by atoms with Crippen LogP contribution in [0.5, 0.6) is 0 Å². The number of hydrogen-bond donors (Lipinski definition) is 1. The highest BCUT2D eigenvalue weighted by Crippen LogP contribution is 2.03. The Hall–Kier alpha value is -0.0900. The fraction of sp³-hybridized carbons (Fsp3) is 1.00. The minimum absolute atomic E-state index is 0.00437. The van der Waals surface area contributed by atoms with Gasteiger partial charge in [-0.1, -0.05) is 13.8 Å². The van der Waals surface area contributed by atoms with Crippen molar-refractivity contribution in [3.05, 3.63) is 0 Å². The van der Waals surface area contributed by atoms with Gasteiger partial charge in [-0.25, -0.2) is 8.42 Å². The third-order valence-corrected chi connectivity index (χ3v) is 2.66. The van der Waals surface area contributed by atoms with Gasteiger partial charge in [0.1, 0.15) is 9.84 Å². The summed E-state index contributed by atoms with van der Waals surface area (Å²) in [5.41, 5.74) is 5.66. The summed E-state index contributed by atoms with van der Waals surface area (Å²) in [7, 11) is -2.83.